The summed E-state index contributed by atoms with van der Waals surface area (Å²) < 4.78 is 0. The predicted molar refractivity (Wildman–Crippen MR) is 94.0 cm³/mol. The van der Waals surface area contributed by atoms with Crippen molar-refractivity contribution in [1.29, 1.82) is 0 Å². The molecule has 0 fully saturated rings. The van der Waals surface area contributed by atoms with Gasteiger partial charge in [0, 0.05) is 0 Å². The Hall–Kier alpha value is 0. The summed E-state index contributed by atoms with van der Waals surface area (Å²) in [6.07, 6.45) is 2.63. The second kappa shape index (κ2) is 7.32. The highest BCUT2D eigenvalue weighted by Crippen LogP contribution is 2.53. The molecule has 0 bridgehead atoms. The highest BCUT2D eigenvalue weighted by atomic mass is 14.5. The third kappa shape index (κ3) is 4.50. The second-order valence-corrected chi connectivity index (χ2v) is 9.17. The first kappa shape index (κ1) is 20.0. The Morgan fingerprint density at radius 1 is 0.750 bits per heavy atom. The van der Waals surface area contributed by atoms with E-state index in [2.05, 4.69) is 76.2 Å². The monoisotopic (exact) mass is 282 g/mol. The molecule has 0 aromatic carbocycles. The Bertz CT molecular complexity index is 270. The first-order valence-corrected chi connectivity index (χ1v) is 8.89. The molecule has 0 rings (SSSR count). The largest absolute Gasteiger partial charge is 0.0654 e. The van der Waals surface area contributed by atoms with Crippen molar-refractivity contribution in [3.05, 3.63) is 0 Å². The van der Waals surface area contributed by atoms with Gasteiger partial charge in [0.25, 0.3) is 0 Å². The average molecular weight is 283 g/mol. The summed E-state index contributed by atoms with van der Waals surface area (Å²) in [5.74, 6) is 3.81. The van der Waals surface area contributed by atoms with Crippen LogP contribution >= 0.6 is 0 Å². The van der Waals surface area contributed by atoms with Gasteiger partial charge in [0.15, 0.2) is 0 Å². The summed E-state index contributed by atoms with van der Waals surface area (Å²) in [6, 6.07) is 0. The zero-order chi connectivity index (χ0) is 16.3. The van der Waals surface area contributed by atoms with E-state index in [1.54, 1.807) is 0 Å². The van der Waals surface area contributed by atoms with Crippen molar-refractivity contribution in [2.24, 2.45) is 40.4 Å². The summed E-state index contributed by atoms with van der Waals surface area (Å²) in [7, 11) is 0. The molecule has 0 aromatic rings. The van der Waals surface area contributed by atoms with Gasteiger partial charge in [-0.3, -0.25) is 0 Å². The molecule has 122 valence electrons. The Balaban J connectivity index is 5.64. The van der Waals surface area contributed by atoms with E-state index in [9.17, 15) is 0 Å². The highest BCUT2D eigenvalue weighted by molar-refractivity contribution is 4.95. The van der Waals surface area contributed by atoms with E-state index in [1.807, 2.05) is 0 Å². The third-order valence-electron chi connectivity index (χ3n) is 6.29. The lowest BCUT2D eigenvalue weighted by Crippen LogP contribution is -2.46. The van der Waals surface area contributed by atoms with E-state index in [-0.39, 0.29) is 0 Å². The Kier molecular flexibility index (Phi) is 7.32. The van der Waals surface area contributed by atoms with Crippen LogP contribution in [-0.2, 0) is 0 Å². The van der Waals surface area contributed by atoms with Crippen LogP contribution in [0.25, 0.3) is 0 Å². The fraction of sp³-hybridized carbons (Fsp3) is 1.00. The van der Waals surface area contributed by atoms with Crippen LogP contribution in [-0.4, -0.2) is 0 Å². The maximum Gasteiger partial charge on any atom is -0.0280 e. The molecule has 0 aliphatic rings. The zero-order valence-corrected chi connectivity index (χ0v) is 16.3. The van der Waals surface area contributed by atoms with Crippen LogP contribution in [0.1, 0.15) is 89.0 Å². The molecular formula is C20H42. The van der Waals surface area contributed by atoms with Crippen LogP contribution in [0.15, 0.2) is 0 Å². The van der Waals surface area contributed by atoms with Crippen molar-refractivity contribution in [2.45, 2.75) is 89.0 Å². The van der Waals surface area contributed by atoms with Crippen molar-refractivity contribution in [2.75, 3.05) is 0 Å². The quantitative estimate of drug-likeness (QED) is 0.448. The van der Waals surface area contributed by atoms with Crippen LogP contribution in [0, 0.1) is 40.4 Å². The molecule has 0 nitrogen and oxygen atoms in total. The van der Waals surface area contributed by atoms with Crippen LogP contribution in [0.2, 0.25) is 0 Å². The van der Waals surface area contributed by atoms with E-state index in [1.165, 1.54) is 12.8 Å². The summed E-state index contributed by atoms with van der Waals surface area (Å²) >= 11 is 0. The second-order valence-electron chi connectivity index (χ2n) is 9.17. The zero-order valence-electron chi connectivity index (χ0n) is 16.3. The first-order valence-electron chi connectivity index (χ1n) is 8.89. The van der Waals surface area contributed by atoms with E-state index in [4.69, 9.17) is 0 Å². The van der Waals surface area contributed by atoms with E-state index < -0.39 is 0 Å². The molecule has 0 amide bonds. The topological polar surface area (TPSA) is 0 Å². The molecule has 0 saturated carbocycles. The summed E-state index contributed by atoms with van der Waals surface area (Å²) in [5, 5.41) is 0. The van der Waals surface area contributed by atoms with E-state index >= 15 is 0 Å². The van der Waals surface area contributed by atoms with Crippen molar-refractivity contribution in [3.63, 3.8) is 0 Å². The summed E-state index contributed by atoms with van der Waals surface area (Å²) in [4.78, 5) is 0. The lowest BCUT2D eigenvalue weighted by atomic mass is 9.52. The van der Waals surface area contributed by atoms with E-state index in [0.29, 0.717) is 10.8 Å². The van der Waals surface area contributed by atoms with Crippen LogP contribution in [0.4, 0.5) is 0 Å². The minimum Gasteiger partial charge on any atom is -0.0654 e. The molecule has 0 heterocycles. The van der Waals surface area contributed by atoms with Crippen molar-refractivity contribution in [1.82, 2.24) is 0 Å². The highest BCUT2D eigenvalue weighted by Gasteiger charge is 2.46. The Labute approximate surface area is 130 Å². The lowest BCUT2D eigenvalue weighted by molar-refractivity contribution is -0.0416. The van der Waals surface area contributed by atoms with Crippen molar-refractivity contribution in [3.8, 4) is 0 Å². The van der Waals surface area contributed by atoms with Crippen molar-refractivity contribution >= 4 is 0 Å². The molecule has 20 heavy (non-hydrogen) atoms. The predicted octanol–water partition coefficient (Wildman–Crippen LogP) is 7.04. The molecule has 0 saturated heterocycles. The minimum absolute atomic E-state index is 0.385. The normalized spacial score (nSPS) is 18.4. The smallest absolute Gasteiger partial charge is 0.0280 e. The van der Waals surface area contributed by atoms with Gasteiger partial charge in [-0.2, -0.15) is 0 Å². The fourth-order valence-corrected chi connectivity index (χ4v) is 4.72. The molecule has 0 aliphatic carbocycles. The minimum atomic E-state index is 0.385. The third-order valence-corrected chi connectivity index (χ3v) is 6.29. The van der Waals surface area contributed by atoms with Gasteiger partial charge in [0.2, 0.25) is 0 Å². The fourth-order valence-electron chi connectivity index (χ4n) is 4.72. The van der Waals surface area contributed by atoms with Gasteiger partial charge >= 0.3 is 0 Å². The SMILES string of the molecule is CCCC(C)(C)C(C(C)C(C)C)C(C)(C)C(C)C(C)C. The number of rotatable bonds is 8. The number of hydrogen-bond donors (Lipinski definition) is 0. The molecule has 0 spiro atoms. The molecule has 0 radical (unpaired) electrons. The molecular weight excluding hydrogens is 240 g/mol. The van der Waals surface area contributed by atoms with Gasteiger partial charge in [0.1, 0.15) is 0 Å². The Morgan fingerprint density at radius 3 is 1.50 bits per heavy atom. The lowest BCUT2D eigenvalue weighted by Gasteiger charge is -2.53. The van der Waals surface area contributed by atoms with Gasteiger partial charge in [-0.15, -0.1) is 0 Å². The molecule has 0 N–H and O–H groups in total. The Morgan fingerprint density at radius 2 is 1.20 bits per heavy atom. The van der Waals surface area contributed by atoms with Gasteiger partial charge < -0.3 is 0 Å². The van der Waals surface area contributed by atoms with Crippen LogP contribution in [0.5, 0.6) is 0 Å². The van der Waals surface area contributed by atoms with Crippen LogP contribution in [0.3, 0.4) is 0 Å². The molecule has 0 heteroatoms. The number of hydrogen-bond acceptors (Lipinski definition) is 0. The van der Waals surface area contributed by atoms with Gasteiger partial charge in [0.05, 0.1) is 0 Å². The standard InChI is InChI=1S/C20H42/c1-12-13-19(8,9)18(16(6)14(2)3)20(10,11)17(7)15(4)5/h14-18H,12-13H2,1-11H3. The van der Waals surface area contributed by atoms with E-state index in [0.717, 1.165) is 29.6 Å². The van der Waals surface area contributed by atoms with Crippen molar-refractivity contribution < 1.29 is 0 Å². The summed E-state index contributed by atoms with van der Waals surface area (Å²) in [6.45, 7) is 26.9. The molecule has 3 atom stereocenters. The molecule has 0 aromatic heterocycles. The van der Waals surface area contributed by atoms with Gasteiger partial charge in [-0.25, -0.2) is 0 Å². The summed E-state index contributed by atoms with van der Waals surface area (Å²) in [5.41, 5.74) is 0.807. The maximum atomic E-state index is 2.53. The molecule has 0 aliphatic heterocycles. The van der Waals surface area contributed by atoms with Gasteiger partial charge in [-0.05, 0) is 46.8 Å². The maximum absolute atomic E-state index is 2.53. The van der Waals surface area contributed by atoms with Gasteiger partial charge in [-0.1, -0.05) is 82.6 Å². The first-order chi connectivity index (χ1) is 8.89. The average Bonchev–Trinajstić information content (AvgIpc) is 2.26. The van der Waals surface area contributed by atoms with Crippen LogP contribution < -0.4 is 0 Å². The molecule has 3 unspecified atom stereocenters.